The molecule has 1 aromatic rings. The molecule has 154 valence electrons. The Balaban J connectivity index is 0.00000364. The number of nitrogens with one attached hydrogen (secondary N) is 2. The number of hydrogen-bond donors (Lipinski definition) is 2. The highest BCUT2D eigenvalue weighted by Gasteiger charge is 2.33. The van der Waals surface area contributed by atoms with Crippen LogP contribution in [0.2, 0.25) is 0 Å². The van der Waals surface area contributed by atoms with Crippen molar-refractivity contribution in [3.8, 4) is 5.75 Å². The van der Waals surface area contributed by atoms with Crippen molar-refractivity contribution in [1.82, 2.24) is 10.6 Å². The third-order valence-electron chi connectivity index (χ3n) is 5.27. The molecule has 0 saturated heterocycles. The molecule has 1 aliphatic rings. The zero-order chi connectivity index (χ0) is 18.7. The highest BCUT2D eigenvalue weighted by atomic mass is 127. The summed E-state index contributed by atoms with van der Waals surface area (Å²) in [6, 6.07) is 8.30. The number of halogens is 1. The molecular formula is C21H36IN3O2. The van der Waals surface area contributed by atoms with Gasteiger partial charge in [-0.25, -0.2) is 0 Å². The van der Waals surface area contributed by atoms with Crippen molar-refractivity contribution in [3.63, 3.8) is 0 Å². The Morgan fingerprint density at radius 2 is 2.00 bits per heavy atom. The molecule has 27 heavy (non-hydrogen) atoms. The van der Waals surface area contributed by atoms with Gasteiger partial charge in [0.05, 0.1) is 6.61 Å². The molecule has 0 aliphatic heterocycles. The minimum absolute atomic E-state index is 0. The van der Waals surface area contributed by atoms with Crippen molar-refractivity contribution in [2.45, 2.75) is 45.4 Å². The van der Waals surface area contributed by atoms with E-state index in [1.165, 1.54) is 31.2 Å². The van der Waals surface area contributed by atoms with E-state index < -0.39 is 0 Å². The molecule has 5 nitrogen and oxygen atoms in total. The van der Waals surface area contributed by atoms with Gasteiger partial charge in [-0.15, -0.1) is 24.0 Å². The smallest absolute Gasteiger partial charge is 0.191 e. The molecule has 1 aliphatic carbocycles. The summed E-state index contributed by atoms with van der Waals surface area (Å²) in [5, 5.41) is 6.97. The second-order valence-corrected chi connectivity index (χ2v) is 7.13. The molecule has 0 spiro atoms. The standard InChI is InChI=1S/C21H35N3O2.HI/c1-4-26-19-9-7-8-18(16-19)10-14-23-20(22-2)24-17-21(13-15-25-3)11-5-6-12-21;/h7-9,16H,4-6,10-15,17H2,1-3H3,(H2,22,23,24);1H. The van der Waals surface area contributed by atoms with Crippen LogP contribution in [0.25, 0.3) is 0 Å². The second kappa shape index (κ2) is 13.2. The number of benzene rings is 1. The molecule has 2 N–H and O–H groups in total. The summed E-state index contributed by atoms with van der Waals surface area (Å²) in [7, 11) is 3.62. The highest BCUT2D eigenvalue weighted by molar-refractivity contribution is 14.0. The number of methoxy groups -OCH3 is 1. The molecule has 0 aromatic heterocycles. The van der Waals surface area contributed by atoms with Gasteiger partial charge in [-0.3, -0.25) is 4.99 Å². The molecule has 6 heteroatoms. The Bertz CT molecular complexity index is 560. The van der Waals surface area contributed by atoms with Crippen LogP contribution in [0.5, 0.6) is 5.75 Å². The molecule has 0 unspecified atom stereocenters. The summed E-state index contributed by atoms with van der Waals surface area (Å²) in [5.41, 5.74) is 1.63. The van der Waals surface area contributed by atoms with Gasteiger partial charge in [-0.05, 0) is 55.7 Å². The lowest BCUT2D eigenvalue weighted by Crippen LogP contribution is -2.43. The maximum atomic E-state index is 5.57. The number of guanidine groups is 1. The second-order valence-electron chi connectivity index (χ2n) is 7.13. The van der Waals surface area contributed by atoms with E-state index >= 15 is 0 Å². The van der Waals surface area contributed by atoms with Gasteiger partial charge in [-0.2, -0.15) is 0 Å². The molecule has 1 saturated carbocycles. The Morgan fingerprint density at radius 1 is 1.22 bits per heavy atom. The van der Waals surface area contributed by atoms with Crippen molar-refractivity contribution in [3.05, 3.63) is 29.8 Å². The summed E-state index contributed by atoms with van der Waals surface area (Å²) in [5.74, 6) is 1.82. The van der Waals surface area contributed by atoms with Crippen LogP contribution < -0.4 is 15.4 Å². The van der Waals surface area contributed by atoms with Crippen LogP contribution in [0.4, 0.5) is 0 Å². The van der Waals surface area contributed by atoms with E-state index in [1.54, 1.807) is 7.11 Å². The van der Waals surface area contributed by atoms with Crippen LogP contribution in [0.15, 0.2) is 29.3 Å². The molecule has 1 aromatic carbocycles. The molecule has 0 amide bonds. The van der Waals surface area contributed by atoms with Crippen LogP contribution in [0.1, 0.15) is 44.6 Å². The van der Waals surface area contributed by atoms with Gasteiger partial charge in [0.25, 0.3) is 0 Å². The lowest BCUT2D eigenvalue weighted by Gasteiger charge is -2.30. The largest absolute Gasteiger partial charge is 0.494 e. The number of rotatable bonds is 10. The Morgan fingerprint density at radius 3 is 2.67 bits per heavy atom. The van der Waals surface area contributed by atoms with E-state index in [-0.39, 0.29) is 24.0 Å². The summed E-state index contributed by atoms with van der Waals surface area (Å²) in [4.78, 5) is 4.38. The predicted octanol–water partition coefficient (Wildman–Crippen LogP) is 4.01. The van der Waals surface area contributed by atoms with Crippen molar-refractivity contribution in [1.29, 1.82) is 0 Å². The third kappa shape index (κ3) is 8.25. The maximum Gasteiger partial charge on any atom is 0.191 e. The first kappa shape index (κ1) is 24.0. The summed E-state index contributed by atoms with van der Waals surface area (Å²) >= 11 is 0. The fraction of sp³-hybridized carbons (Fsp3) is 0.667. The van der Waals surface area contributed by atoms with E-state index in [0.29, 0.717) is 12.0 Å². The normalized spacial score (nSPS) is 15.9. The van der Waals surface area contributed by atoms with E-state index in [0.717, 1.165) is 44.2 Å². The lowest BCUT2D eigenvalue weighted by molar-refractivity contribution is 0.138. The minimum atomic E-state index is 0. The number of aliphatic imine (C=N–C) groups is 1. The number of hydrogen-bond acceptors (Lipinski definition) is 3. The van der Waals surface area contributed by atoms with Crippen molar-refractivity contribution in [2.75, 3.05) is 40.5 Å². The molecule has 2 rings (SSSR count). The third-order valence-corrected chi connectivity index (χ3v) is 5.27. The van der Waals surface area contributed by atoms with Gasteiger partial charge in [-0.1, -0.05) is 25.0 Å². The number of nitrogens with zero attached hydrogens (tertiary/aromatic N) is 1. The molecule has 0 heterocycles. The molecule has 0 radical (unpaired) electrons. The van der Waals surface area contributed by atoms with Gasteiger partial charge in [0, 0.05) is 33.9 Å². The average molecular weight is 489 g/mol. The van der Waals surface area contributed by atoms with Gasteiger partial charge in [0.1, 0.15) is 5.75 Å². The first-order valence-electron chi connectivity index (χ1n) is 9.86. The summed E-state index contributed by atoms with van der Waals surface area (Å²) in [6.07, 6.45) is 7.28. The van der Waals surface area contributed by atoms with Crippen LogP contribution in [0.3, 0.4) is 0 Å². The maximum absolute atomic E-state index is 5.57. The van der Waals surface area contributed by atoms with Crippen LogP contribution >= 0.6 is 24.0 Å². The van der Waals surface area contributed by atoms with E-state index in [9.17, 15) is 0 Å². The number of ether oxygens (including phenoxy) is 2. The summed E-state index contributed by atoms with van der Waals surface area (Å²) in [6.45, 7) is 5.36. The van der Waals surface area contributed by atoms with Crippen molar-refractivity contribution in [2.24, 2.45) is 10.4 Å². The van der Waals surface area contributed by atoms with Crippen LogP contribution in [-0.2, 0) is 11.2 Å². The first-order chi connectivity index (χ1) is 12.7. The van der Waals surface area contributed by atoms with E-state index in [2.05, 4.69) is 27.8 Å². The SMILES string of the molecule is CCOc1cccc(CCNC(=NC)NCC2(CCOC)CCCC2)c1.I. The quantitative estimate of drug-likeness (QED) is 0.296. The van der Waals surface area contributed by atoms with E-state index in [4.69, 9.17) is 9.47 Å². The van der Waals surface area contributed by atoms with Gasteiger partial charge in [0.2, 0.25) is 0 Å². The fourth-order valence-corrected chi connectivity index (χ4v) is 3.73. The molecule has 0 atom stereocenters. The monoisotopic (exact) mass is 489 g/mol. The minimum Gasteiger partial charge on any atom is -0.494 e. The van der Waals surface area contributed by atoms with Gasteiger partial charge in [0.15, 0.2) is 5.96 Å². The zero-order valence-corrected chi connectivity index (χ0v) is 19.4. The van der Waals surface area contributed by atoms with Crippen molar-refractivity contribution >= 4 is 29.9 Å². The molecule has 1 fully saturated rings. The topological polar surface area (TPSA) is 54.9 Å². The van der Waals surface area contributed by atoms with Gasteiger partial charge < -0.3 is 20.1 Å². The Labute approximate surface area is 181 Å². The van der Waals surface area contributed by atoms with Crippen LogP contribution in [-0.4, -0.2) is 46.4 Å². The Kier molecular flexibility index (Phi) is 11.7. The predicted molar refractivity (Wildman–Crippen MR) is 123 cm³/mol. The van der Waals surface area contributed by atoms with Gasteiger partial charge >= 0.3 is 0 Å². The fourth-order valence-electron chi connectivity index (χ4n) is 3.73. The van der Waals surface area contributed by atoms with Crippen LogP contribution in [0, 0.1) is 5.41 Å². The molecular weight excluding hydrogens is 453 g/mol. The summed E-state index contributed by atoms with van der Waals surface area (Å²) < 4.78 is 10.9. The highest BCUT2D eigenvalue weighted by Crippen LogP contribution is 2.40. The first-order valence-corrected chi connectivity index (χ1v) is 9.86. The molecule has 0 bridgehead atoms. The lowest BCUT2D eigenvalue weighted by atomic mass is 9.83. The average Bonchev–Trinajstić information content (AvgIpc) is 3.13. The zero-order valence-electron chi connectivity index (χ0n) is 17.1. The van der Waals surface area contributed by atoms with E-state index in [1.807, 2.05) is 26.1 Å². The Hall–Kier alpha value is -1.02. The van der Waals surface area contributed by atoms with Crippen molar-refractivity contribution < 1.29 is 9.47 Å².